The molecule has 13 heavy (non-hydrogen) atoms. The average Bonchev–Trinajstić information content (AvgIpc) is 2.51. The number of carbonyl (C=O) groups is 1. The van der Waals surface area contributed by atoms with E-state index < -0.39 is 0 Å². The summed E-state index contributed by atoms with van der Waals surface area (Å²) in [6, 6.07) is 0. The molecule has 0 radical (unpaired) electrons. The van der Waals surface area contributed by atoms with Crippen LogP contribution in [0.3, 0.4) is 0 Å². The minimum absolute atomic E-state index is 0.00694. The highest BCUT2D eigenvalue weighted by Gasteiger charge is 2.50. The van der Waals surface area contributed by atoms with Crippen LogP contribution in [0.15, 0.2) is 0 Å². The monoisotopic (exact) mass is 184 g/mol. The summed E-state index contributed by atoms with van der Waals surface area (Å²) in [5, 5.41) is 0. The van der Waals surface area contributed by atoms with E-state index in [2.05, 4.69) is 20.8 Å². The zero-order valence-electron chi connectivity index (χ0n) is 8.37. The quantitative estimate of drug-likeness (QED) is 0.563. The average molecular weight is 184 g/mol. The fraction of sp³-hybridized carbons (Fsp3) is 0.900. The molecule has 0 N–H and O–H groups in total. The van der Waals surface area contributed by atoms with Crippen LogP contribution in [0.5, 0.6) is 0 Å². The van der Waals surface area contributed by atoms with Gasteiger partial charge in [0.15, 0.2) is 5.78 Å². The van der Waals surface area contributed by atoms with E-state index in [1.54, 1.807) is 0 Å². The first-order valence-corrected chi connectivity index (χ1v) is 4.76. The van der Waals surface area contributed by atoms with Crippen molar-refractivity contribution in [2.75, 3.05) is 13.2 Å². The van der Waals surface area contributed by atoms with Gasteiger partial charge in [-0.1, -0.05) is 20.8 Å². The Morgan fingerprint density at radius 2 is 2.00 bits per heavy atom. The lowest BCUT2D eigenvalue weighted by Gasteiger charge is -2.29. The zero-order valence-corrected chi connectivity index (χ0v) is 8.37. The first-order chi connectivity index (χ1) is 6.00. The van der Waals surface area contributed by atoms with Crippen molar-refractivity contribution in [1.82, 2.24) is 0 Å². The Morgan fingerprint density at radius 1 is 1.31 bits per heavy atom. The molecule has 0 spiro atoms. The lowest BCUT2D eigenvalue weighted by atomic mass is 9.78. The van der Waals surface area contributed by atoms with Crippen LogP contribution in [-0.2, 0) is 14.3 Å². The second-order valence-electron chi connectivity index (χ2n) is 4.97. The van der Waals surface area contributed by atoms with E-state index in [4.69, 9.17) is 9.47 Å². The smallest absolute Gasteiger partial charge is 0.189 e. The van der Waals surface area contributed by atoms with Crippen molar-refractivity contribution >= 4 is 5.78 Å². The molecule has 2 saturated heterocycles. The predicted octanol–water partition coefficient (Wildman–Crippen LogP) is 1.02. The Hall–Kier alpha value is -0.410. The molecule has 2 heterocycles. The van der Waals surface area contributed by atoms with Crippen molar-refractivity contribution in [3.8, 4) is 0 Å². The topological polar surface area (TPSA) is 35.5 Å². The second-order valence-corrected chi connectivity index (χ2v) is 4.97. The third-order valence-electron chi connectivity index (χ3n) is 3.00. The van der Waals surface area contributed by atoms with Gasteiger partial charge in [-0.2, -0.15) is 0 Å². The number of hydrogen-bond acceptors (Lipinski definition) is 3. The van der Waals surface area contributed by atoms with Gasteiger partial charge in [0.25, 0.3) is 0 Å². The third kappa shape index (κ3) is 1.40. The highest BCUT2D eigenvalue weighted by atomic mass is 16.6. The summed E-state index contributed by atoms with van der Waals surface area (Å²) in [6.07, 6.45) is -0.267. The van der Waals surface area contributed by atoms with Crippen LogP contribution in [0, 0.1) is 11.3 Å². The van der Waals surface area contributed by atoms with E-state index in [0.29, 0.717) is 12.5 Å². The highest BCUT2D eigenvalue weighted by Crippen LogP contribution is 2.39. The first kappa shape index (κ1) is 9.16. The molecule has 2 aliphatic rings. The number of Topliss-reactive ketones (excluding diaryl/α,β-unsaturated/α-hetero) is 1. The van der Waals surface area contributed by atoms with Gasteiger partial charge in [-0.25, -0.2) is 0 Å². The molecule has 3 atom stereocenters. The number of carbonyl (C=O) groups excluding carboxylic acids is 1. The van der Waals surface area contributed by atoms with Crippen molar-refractivity contribution < 1.29 is 14.3 Å². The van der Waals surface area contributed by atoms with Crippen LogP contribution in [0.4, 0.5) is 0 Å². The number of hydrogen-bond donors (Lipinski definition) is 0. The largest absolute Gasteiger partial charge is 0.367 e. The number of ether oxygens (including phenoxy) is 2. The van der Waals surface area contributed by atoms with E-state index >= 15 is 0 Å². The summed E-state index contributed by atoms with van der Waals surface area (Å²) in [5.74, 6) is 0.459. The van der Waals surface area contributed by atoms with Crippen molar-refractivity contribution in [1.29, 1.82) is 0 Å². The SMILES string of the molecule is CC(C)(C)[C@H]1CO[C@H]2C(=O)CO[C@H]21. The minimum Gasteiger partial charge on any atom is -0.367 e. The van der Waals surface area contributed by atoms with Crippen molar-refractivity contribution in [2.45, 2.75) is 33.0 Å². The normalized spacial score (nSPS) is 39.6. The van der Waals surface area contributed by atoms with Gasteiger partial charge in [-0.05, 0) is 5.41 Å². The second kappa shape index (κ2) is 2.79. The van der Waals surface area contributed by atoms with Crippen LogP contribution >= 0.6 is 0 Å². The van der Waals surface area contributed by atoms with Gasteiger partial charge in [-0.15, -0.1) is 0 Å². The number of rotatable bonds is 0. The molecule has 0 aliphatic carbocycles. The van der Waals surface area contributed by atoms with E-state index in [0.717, 1.165) is 0 Å². The van der Waals surface area contributed by atoms with Crippen LogP contribution in [0.25, 0.3) is 0 Å². The Bertz CT molecular complexity index is 229. The van der Waals surface area contributed by atoms with Crippen molar-refractivity contribution in [2.24, 2.45) is 11.3 Å². The van der Waals surface area contributed by atoms with Gasteiger partial charge in [0.1, 0.15) is 12.7 Å². The maximum absolute atomic E-state index is 11.3. The maximum Gasteiger partial charge on any atom is 0.189 e. The first-order valence-electron chi connectivity index (χ1n) is 4.76. The summed E-state index contributed by atoms with van der Waals surface area (Å²) in [6.45, 7) is 7.38. The van der Waals surface area contributed by atoms with E-state index in [1.807, 2.05) is 0 Å². The van der Waals surface area contributed by atoms with E-state index in [9.17, 15) is 4.79 Å². The van der Waals surface area contributed by atoms with Crippen LogP contribution in [-0.4, -0.2) is 31.2 Å². The maximum atomic E-state index is 11.3. The lowest BCUT2D eigenvalue weighted by molar-refractivity contribution is -0.125. The summed E-state index contributed by atoms with van der Waals surface area (Å²) in [7, 11) is 0. The van der Waals surface area contributed by atoms with Gasteiger partial charge in [0, 0.05) is 5.92 Å². The molecule has 0 unspecified atom stereocenters. The Morgan fingerprint density at radius 3 is 2.62 bits per heavy atom. The van der Waals surface area contributed by atoms with Crippen LogP contribution in [0.2, 0.25) is 0 Å². The molecule has 0 bridgehead atoms. The molecule has 0 aromatic rings. The van der Waals surface area contributed by atoms with E-state index in [1.165, 1.54) is 0 Å². The Balaban J connectivity index is 2.15. The number of ketones is 1. The molecule has 3 heteroatoms. The molecular formula is C10H16O3. The van der Waals surface area contributed by atoms with Gasteiger partial charge < -0.3 is 9.47 Å². The number of fused-ring (bicyclic) bond motifs is 1. The summed E-state index contributed by atoms with van der Waals surface area (Å²) in [4.78, 5) is 11.3. The summed E-state index contributed by atoms with van der Waals surface area (Å²) in [5.41, 5.74) is 0.157. The van der Waals surface area contributed by atoms with Crippen LogP contribution < -0.4 is 0 Å². The lowest BCUT2D eigenvalue weighted by Crippen LogP contribution is -2.33. The molecule has 0 amide bonds. The molecule has 2 fully saturated rings. The fourth-order valence-corrected chi connectivity index (χ4v) is 2.09. The van der Waals surface area contributed by atoms with Gasteiger partial charge in [-0.3, -0.25) is 4.79 Å². The molecule has 0 saturated carbocycles. The molecule has 0 aromatic heterocycles. The highest BCUT2D eigenvalue weighted by molar-refractivity contribution is 5.87. The predicted molar refractivity (Wildman–Crippen MR) is 47.4 cm³/mol. The Labute approximate surface area is 78.4 Å². The molecule has 2 aliphatic heterocycles. The summed E-state index contributed by atoms with van der Waals surface area (Å²) < 4.78 is 10.9. The van der Waals surface area contributed by atoms with Gasteiger partial charge in [0.2, 0.25) is 0 Å². The standard InChI is InChI=1S/C10H16O3/c1-10(2,3)6-4-12-9-7(11)5-13-8(6)9/h6,8-9H,4-5H2,1-3H3/t6-,8-,9-/m0/s1. The molecule has 0 aromatic carbocycles. The van der Waals surface area contributed by atoms with Crippen molar-refractivity contribution in [3.63, 3.8) is 0 Å². The molecular weight excluding hydrogens is 168 g/mol. The zero-order chi connectivity index (χ0) is 9.64. The molecule has 74 valence electrons. The minimum atomic E-state index is -0.274. The fourth-order valence-electron chi connectivity index (χ4n) is 2.09. The van der Waals surface area contributed by atoms with E-state index in [-0.39, 0.29) is 30.0 Å². The third-order valence-corrected chi connectivity index (χ3v) is 3.00. The molecule has 2 rings (SSSR count). The summed E-state index contributed by atoms with van der Waals surface area (Å²) >= 11 is 0. The van der Waals surface area contributed by atoms with Gasteiger partial charge >= 0.3 is 0 Å². The van der Waals surface area contributed by atoms with Crippen molar-refractivity contribution in [3.05, 3.63) is 0 Å². The molecule has 3 nitrogen and oxygen atoms in total. The van der Waals surface area contributed by atoms with Crippen LogP contribution in [0.1, 0.15) is 20.8 Å². The Kier molecular flexibility index (Phi) is 1.96. The van der Waals surface area contributed by atoms with Gasteiger partial charge in [0.05, 0.1) is 12.7 Å².